The predicted octanol–water partition coefficient (Wildman–Crippen LogP) is 2.75. The van der Waals surface area contributed by atoms with E-state index in [-0.39, 0.29) is 5.84 Å². The maximum atomic E-state index is 7.52. The van der Waals surface area contributed by atoms with Crippen LogP contribution in [0.15, 0.2) is 47.1 Å². The fourth-order valence-corrected chi connectivity index (χ4v) is 1.99. The lowest BCUT2D eigenvalue weighted by molar-refractivity contribution is 0.319. The van der Waals surface area contributed by atoms with Crippen molar-refractivity contribution in [3.8, 4) is 5.75 Å². The third-order valence-corrected chi connectivity index (χ3v) is 3.07. The number of nitrogens with zero attached hydrogens (tertiary/aromatic N) is 1. The zero-order valence-electron chi connectivity index (χ0n) is 10.3. The van der Waals surface area contributed by atoms with E-state index in [0.29, 0.717) is 24.3 Å². The number of pyridine rings is 1. The van der Waals surface area contributed by atoms with Gasteiger partial charge in [-0.2, -0.15) is 0 Å². The van der Waals surface area contributed by atoms with Crippen LogP contribution in [0.2, 0.25) is 0 Å². The number of nitrogens with one attached hydrogen (secondary N) is 1. The topological polar surface area (TPSA) is 72.0 Å². The van der Waals surface area contributed by atoms with Gasteiger partial charge in [0.2, 0.25) is 0 Å². The number of rotatable bonds is 5. The number of benzene rings is 1. The molecule has 0 unspecified atom stereocenters. The Morgan fingerprint density at radius 3 is 2.84 bits per heavy atom. The number of hydrogen-bond acceptors (Lipinski definition) is 3. The lowest BCUT2D eigenvalue weighted by Crippen LogP contribution is -2.14. The molecule has 0 bridgehead atoms. The van der Waals surface area contributed by atoms with Gasteiger partial charge in [-0.25, -0.2) is 0 Å². The monoisotopic (exact) mass is 319 g/mol. The van der Waals surface area contributed by atoms with Crippen LogP contribution in [0.3, 0.4) is 0 Å². The summed E-state index contributed by atoms with van der Waals surface area (Å²) in [5, 5.41) is 7.52. The zero-order valence-corrected chi connectivity index (χ0v) is 11.9. The summed E-state index contributed by atoms with van der Waals surface area (Å²) in [6.45, 7) is 0.494. The maximum absolute atomic E-state index is 7.52. The first-order valence-corrected chi connectivity index (χ1v) is 6.63. The van der Waals surface area contributed by atoms with Crippen LogP contribution in [0, 0.1) is 5.41 Å². The minimum Gasteiger partial charge on any atom is -0.492 e. The van der Waals surface area contributed by atoms with E-state index < -0.39 is 0 Å². The summed E-state index contributed by atoms with van der Waals surface area (Å²) in [6.07, 6.45) is 2.47. The molecule has 0 amide bonds. The molecule has 3 N–H and O–H groups in total. The summed E-state index contributed by atoms with van der Waals surface area (Å²) >= 11 is 3.38. The van der Waals surface area contributed by atoms with Gasteiger partial charge in [0, 0.05) is 22.8 Å². The highest BCUT2D eigenvalue weighted by atomic mass is 79.9. The van der Waals surface area contributed by atoms with Crippen molar-refractivity contribution in [2.75, 3.05) is 6.61 Å². The summed E-state index contributed by atoms with van der Waals surface area (Å²) in [4.78, 5) is 4.23. The predicted molar refractivity (Wildman–Crippen MR) is 78.6 cm³/mol. The SMILES string of the molecule is N=C(N)c1ccc(Br)cc1OCCc1ccccn1. The largest absolute Gasteiger partial charge is 0.492 e. The highest BCUT2D eigenvalue weighted by Gasteiger charge is 2.07. The summed E-state index contributed by atoms with van der Waals surface area (Å²) in [7, 11) is 0. The van der Waals surface area contributed by atoms with E-state index in [1.165, 1.54) is 0 Å². The Kier molecular flexibility index (Phi) is 4.52. The molecule has 1 heterocycles. The summed E-state index contributed by atoms with van der Waals surface area (Å²) in [5.74, 6) is 0.609. The second kappa shape index (κ2) is 6.33. The molecule has 0 saturated heterocycles. The zero-order chi connectivity index (χ0) is 13.7. The third kappa shape index (κ3) is 3.79. The van der Waals surface area contributed by atoms with Gasteiger partial charge in [0.25, 0.3) is 0 Å². The van der Waals surface area contributed by atoms with Gasteiger partial charge in [0.05, 0.1) is 12.2 Å². The lowest BCUT2D eigenvalue weighted by Gasteiger charge is -2.11. The van der Waals surface area contributed by atoms with E-state index in [9.17, 15) is 0 Å². The van der Waals surface area contributed by atoms with Crippen molar-refractivity contribution in [1.82, 2.24) is 4.98 Å². The molecular formula is C14H14BrN3O. The second-order valence-corrected chi connectivity index (χ2v) is 4.89. The van der Waals surface area contributed by atoms with E-state index in [2.05, 4.69) is 20.9 Å². The quantitative estimate of drug-likeness (QED) is 0.657. The first-order chi connectivity index (χ1) is 9.16. The van der Waals surface area contributed by atoms with Gasteiger partial charge in [-0.05, 0) is 30.3 Å². The molecule has 1 aromatic heterocycles. The van der Waals surface area contributed by atoms with Crippen molar-refractivity contribution in [2.24, 2.45) is 5.73 Å². The molecule has 0 aliphatic rings. The van der Waals surface area contributed by atoms with Crippen molar-refractivity contribution in [3.63, 3.8) is 0 Å². The molecule has 2 aromatic rings. The molecule has 2 rings (SSSR count). The van der Waals surface area contributed by atoms with Crippen molar-refractivity contribution >= 4 is 21.8 Å². The highest BCUT2D eigenvalue weighted by molar-refractivity contribution is 9.10. The average molecular weight is 320 g/mol. The van der Waals surface area contributed by atoms with Gasteiger partial charge in [-0.1, -0.05) is 22.0 Å². The lowest BCUT2D eigenvalue weighted by atomic mass is 10.2. The Balaban J connectivity index is 2.03. The second-order valence-electron chi connectivity index (χ2n) is 3.97. The maximum Gasteiger partial charge on any atom is 0.131 e. The number of nitrogen functional groups attached to an aromatic ring is 1. The first-order valence-electron chi connectivity index (χ1n) is 5.83. The number of ether oxygens (including phenoxy) is 1. The van der Waals surface area contributed by atoms with E-state index in [1.807, 2.05) is 30.3 Å². The standard InChI is InChI=1S/C14H14BrN3O/c15-10-4-5-12(14(16)17)13(9-10)19-8-6-11-3-1-2-7-18-11/h1-5,7,9H,6,8H2,(H3,16,17). The van der Waals surface area contributed by atoms with Crippen LogP contribution in [0.1, 0.15) is 11.3 Å². The van der Waals surface area contributed by atoms with Crippen LogP contribution in [0.25, 0.3) is 0 Å². The molecule has 19 heavy (non-hydrogen) atoms. The van der Waals surface area contributed by atoms with Gasteiger partial charge in [-0.15, -0.1) is 0 Å². The number of hydrogen-bond donors (Lipinski definition) is 2. The Morgan fingerprint density at radius 2 is 2.16 bits per heavy atom. The minimum atomic E-state index is 0.000311. The number of halogens is 1. The highest BCUT2D eigenvalue weighted by Crippen LogP contribution is 2.23. The van der Waals surface area contributed by atoms with Crippen LogP contribution in [-0.2, 0) is 6.42 Å². The smallest absolute Gasteiger partial charge is 0.131 e. The van der Waals surface area contributed by atoms with E-state index in [4.69, 9.17) is 15.9 Å². The van der Waals surface area contributed by atoms with Gasteiger partial charge < -0.3 is 10.5 Å². The van der Waals surface area contributed by atoms with Gasteiger partial charge in [0.1, 0.15) is 11.6 Å². The summed E-state index contributed by atoms with van der Waals surface area (Å²) in [5.41, 5.74) is 7.10. The molecule has 0 saturated carbocycles. The van der Waals surface area contributed by atoms with Crippen molar-refractivity contribution < 1.29 is 4.74 Å². The van der Waals surface area contributed by atoms with Crippen LogP contribution >= 0.6 is 15.9 Å². The minimum absolute atomic E-state index is 0.000311. The van der Waals surface area contributed by atoms with E-state index in [0.717, 1.165) is 10.2 Å². The molecule has 0 radical (unpaired) electrons. The molecule has 0 fully saturated rings. The van der Waals surface area contributed by atoms with Gasteiger partial charge >= 0.3 is 0 Å². The first kappa shape index (κ1) is 13.5. The Labute approximate surface area is 120 Å². The summed E-state index contributed by atoms with van der Waals surface area (Å²) < 4.78 is 6.59. The van der Waals surface area contributed by atoms with E-state index >= 15 is 0 Å². The van der Waals surface area contributed by atoms with Crippen LogP contribution in [0.5, 0.6) is 5.75 Å². The van der Waals surface area contributed by atoms with Crippen molar-refractivity contribution in [2.45, 2.75) is 6.42 Å². The summed E-state index contributed by atoms with van der Waals surface area (Å²) in [6, 6.07) is 11.2. The number of amidine groups is 1. The normalized spacial score (nSPS) is 10.2. The number of nitrogens with two attached hydrogens (primary N) is 1. The molecule has 0 aliphatic carbocycles. The Morgan fingerprint density at radius 1 is 1.32 bits per heavy atom. The fraction of sp³-hybridized carbons (Fsp3) is 0.143. The molecule has 98 valence electrons. The fourth-order valence-electron chi connectivity index (χ4n) is 1.65. The molecule has 5 heteroatoms. The molecular weight excluding hydrogens is 306 g/mol. The molecule has 4 nitrogen and oxygen atoms in total. The molecule has 0 atom stereocenters. The average Bonchev–Trinajstić information content (AvgIpc) is 2.39. The van der Waals surface area contributed by atoms with Gasteiger partial charge in [-0.3, -0.25) is 10.4 Å². The molecule has 1 aromatic carbocycles. The number of aromatic nitrogens is 1. The molecule has 0 aliphatic heterocycles. The van der Waals surface area contributed by atoms with Crippen LogP contribution < -0.4 is 10.5 Å². The third-order valence-electron chi connectivity index (χ3n) is 2.58. The van der Waals surface area contributed by atoms with Crippen LogP contribution in [-0.4, -0.2) is 17.4 Å². The Bertz CT molecular complexity index is 572. The van der Waals surface area contributed by atoms with Crippen LogP contribution in [0.4, 0.5) is 0 Å². The van der Waals surface area contributed by atoms with Crippen molar-refractivity contribution in [1.29, 1.82) is 5.41 Å². The molecule has 0 spiro atoms. The Hall–Kier alpha value is -1.88. The van der Waals surface area contributed by atoms with Crippen molar-refractivity contribution in [3.05, 3.63) is 58.3 Å². The van der Waals surface area contributed by atoms with E-state index in [1.54, 1.807) is 12.3 Å². The van der Waals surface area contributed by atoms with Gasteiger partial charge in [0.15, 0.2) is 0 Å².